The Morgan fingerprint density at radius 3 is 2.45 bits per heavy atom. The Labute approximate surface area is 122 Å². The summed E-state index contributed by atoms with van der Waals surface area (Å²) in [6.45, 7) is 7.82. The Kier molecular flexibility index (Phi) is 5.49. The molecule has 114 valence electrons. The van der Waals surface area contributed by atoms with Crippen LogP contribution in [0.2, 0.25) is 0 Å². The summed E-state index contributed by atoms with van der Waals surface area (Å²) in [5.74, 6) is 0.132. The minimum Gasteiger partial charge on any atom is -0.372 e. The SMILES string of the molecule is CCNc1sc(S(=O)(=O)NC(C)C(C)C)cc1[N+](=O)[O-]. The van der Waals surface area contributed by atoms with Crippen LogP contribution in [0.3, 0.4) is 0 Å². The molecule has 0 aliphatic carbocycles. The van der Waals surface area contributed by atoms with Crippen LogP contribution in [-0.4, -0.2) is 25.9 Å². The van der Waals surface area contributed by atoms with E-state index in [0.29, 0.717) is 6.54 Å². The van der Waals surface area contributed by atoms with E-state index in [9.17, 15) is 18.5 Å². The number of thiophene rings is 1. The number of anilines is 1. The second-order valence-electron chi connectivity index (χ2n) is 4.72. The lowest BCUT2D eigenvalue weighted by Crippen LogP contribution is -2.35. The van der Waals surface area contributed by atoms with E-state index >= 15 is 0 Å². The Morgan fingerprint density at radius 1 is 1.40 bits per heavy atom. The molecule has 1 aromatic rings. The smallest absolute Gasteiger partial charge is 0.304 e. The lowest BCUT2D eigenvalue weighted by Gasteiger charge is -2.16. The predicted octanol–water partition coefficient (Wildman–Crippen LogP) is 2.41. The molecular weight excluding hydrogens is 302 g/mol. The first-order valence-corrected chi connectivity index (χ1v) is 8.53. The van der Waals surface area contributed by atoms with E-state index in [-0.39, 0.29) is 26.9 Å². The molecule has 7 nitrogen and oxygen atoms in total. The van der Waals surface area contributed by atoms with Gasteiger partial charge >= 0.3 is 5.69 Å². The lowest BCUT2D eigenvalue weighted by molar-refractivity contribution is -0.383. The van der Waals surface area contributed by atoms with Crippen molar-refractivity contribution in [3.8, 4) is 0 Å². The third-order valence-corrected chi connectivity index (χ3v) is 5.94. The van der Waals surface area contributed by atoms with Crippen LogP contribution in [-0.2, 0) is 10.0 Å². The van der Waals surface area contributed by atoms with Gasteiger partial charge in [0.2, 0.25) is 0 Å². The molecule has 0 spiro atoms. The summed E-state index contributed by atoms with van der Waals surface area (Å²) in [7, 11) is -3.73. The first kappa shape index (κ1) is 16.9. The van der Waals surface area contributed by atoms with Crippen LogP contribution < -0.4 is 10.0 Å². The summed E-state index contributed by atoms with van der Waals surface area (Å²) in [6.07, 6.45) is 0. The number of nitrogens with one attached hydrogen (secondary N) is 2. The fourth-order valence-corrected chi connectivity index (χ4v) is 4.16. The molecule has 0 bridgehead atoms. The highest BCUT2D eigenvalue weighted by molar-refractivity contribution is 7.91. The van der Waals surface area contributed by atoms with E-state index in [1.807, 2.05) is 13.8 Å². The van der Waals surface area contributed by atoms with Crippen molar-refractivity contribution in [1.29, 1.82) is 0 Å². The Hall–Kier alpha value is -1.19. The zero-order valence-corrected chi connectivity index (χ0v) is 13.5. The highest BCUT2D eigenvalue weighted by Crippen LogP contribution is 2.36. The Bertz CT molecular complexity index is 580. The van der Waals surface area contributed by atoms with Gasteiger partial charge in [0.05, 0.1) is 4.92 Å². The molecule has 2 N–H and O–H groups in total. The average Bonchev–Trinajstić information content (AvgIpc) is 2.73. The topological polar surface area (TPSA) is 101 Å². The van der Waals surface area contributed by atoms with Gasteiger partial charge in [-0.3, -0.25) is 10.1 Å². The van der Waals surface area contributed by atoms with Crippen molar-refractivity contribution in [2.24, 2.45) is 5.92 Å². The van der Waals surface area contributed by atoms with Gasteiger partial charge in [-0.1, -0.05) is 25.2 Å². The van der Waals surface area contributed by atoms with Crippen LogP contribution in [0.5, 0.6) is 0 Å². The van der Waals surface area contributed by atoms with Gasteiger partial charge in [0.1, 0.15) is 4.21 Å². The second-order valence-corrected chi connectivity index (χ2v) is 7.71. The van der Waals surface area contributed by atoms with Gasteiger partial charge in [-0.25, -0.2) is 13.1 Å². The molecule has 1 aromatic heterocycles. The molecule has 0 aliphatic rings. The molecule has 20 heavy (non-hydrogen) atoms. The van der Waals surface area contributed by atoms with Crippen LogP contribution in [0.1, 0.15) is 27.7 Å². The molecule has 0 saturated carbocycles. The molecular formula is C11H19N3O4S2. The van der Waals surface area contributed by atoms with Gasteiger partial charge in [-0.2, -0.15) is 0 Å². The van der Waals surface area contributed by atoms with Crippen molar-refractivity contribution >= 4 is 32.0 Å². The van der Waals surface area contributed by atoms with Gasteiger partial charge < -0.3 is 5.32 Å². The molecule has 0 aromatic carbocycles. The molecule has 0 amide bonds. The van der Waals surface area contributed by atoms with Crippen molar-refractivity contribution in [1.82, 2.24) is 4.72 Å². The maximum absolute atomic E-state index is 12.2. The molecule has 1 unspecified atom stereocenters. The van der Waals surface area contributed by atoms with Gasteiger partial charge in [0, 0.05) is 18.7 Å². The Morgan fingerprint density at radius 2 is 2.00 bits per heavy atom. The normalized spacial score (nSPS) is 13.4. The van der Waals surface area contributed by atoms with Crippen LogP contribution in [0.4, 0.5) is 10.7 Å². The molecule has 9 heteroatoms. The van der Waals surface area contributed by atoms with Crippen LogP contribution in [0.15, 0.2) is 10.3 Å². The van der Waals surface area contributed by atoms with Crippen LogP contribution >= 0.6 is 11.3 Å². The highest BCUT2D eigenvalue weighted by atomic mass is 32.2. The number of hydrogen-bond acceptors (Lipinski definition) is 6. The fourth-order valence-electron chi connectivity index (χ4n) is 1.35. The first-order chi connectivity index (χ1) is 9.19. The first-order valence-electron chi connectivity index (χ1n) is 6.23. The van der Waals surface area contributed by atoms with E-state index in [1.165, 1.54) is 0 Å². The summed E-state index contributed by atoms with van der Waals surface area (Å²) in [5.41, 5.74) is -0.213. The average molecular weight is 321 g/mol. The molecule has 0 radical (unpaired) electrons. The van der Waals surface area contributed by atoms with Gasteiger partial charge in [-0.15, -0.1) is 0 Å². The van der Waals surface area contributed by atoms with Crippen molar-refractivity contribution in [2.75, 3.05) is 11.9 Å². The van der Waals surface area contributed by atoms with E-state index < -0.39 is 14.9 Å². The zero-order chi connectivity index (χ0) is 15.5. The molecule has 1 atom stereocenters. The van der Waals surface area contributed by atoms with Crippen molar-refractivity contribution in [3.63, 3.8) is 0 Å². The largest absolute Gasteiger partial charge is 0.372 e. The predicted molar refractivity (Wildman–Crippen MR) is 79.8 cm³/mol. The van der Waals surface area contributed by atoms with Gasteiger partial charge in [0.25, 0.3) is 10.0 Å². The number of hydrogen-bond donors (Lipinski definition) is 2. The van der Waals surface area contributed by atoms with Gasteiger partial charge in [-0.05, 0) is 19.8 Å². The van der Waals surface area contributed by atoms with Crippen molar-refractivity contribution in [3.05, 3.63) is 16.2 Å². The summed E-state index contributed by atoms with van der Waals surface area (Å²) in [5, 5.41) is 14.0. The maximum atomic E-state index is 12.2. The third-order valence-electron chi connectivity index (χ3n) is 2.83. The Balaban J connectivity index is 3.13. The van der Waals surface area contributed by atoms with Gasteiger partial charge in [0.15, 0.2) is 5.00 Å². The van der Waals surface area contributed by atoms with E-state index in [4.69, 9.17) is 0 Å². The molecule has 1 rings (SSSR count). The molecule has 0 fully saturated rings. The molecule has 1 heterocycles. The minimum absolute atomic E-state index is 0.0485. The second kappa shape index (κ2) is 6.51. The fraction of sp³-hybridized carbons (Fsp3) is 0.636. The molecule has 0 saturated heterocycles. The van der Waals surface area contributed by atoms with Crippen molar-refractivity contribution in [2.45, 2.75) is 37.9 Å². The highest BCUT2D eigenvalue weighted by Gasteiger charge is 2.27. The lowest BCUT2D eigenvalue weighted by atomic mass is 10.1. The number of rotatable bonds is 7. The summed E-state index contributed by atoms with van der Waals surface area (Å²) >= 11 is 0.870. The monoisotopic (exact) mass is 321 g/mol. The van der Waals surface area contributed by atoms with Crippen LogP contribution in [0, 0.1) is 16.0 Å². The number of sulfonamides is 1. The van der Waals surface area contributed by atoms with E-state index in [0.717, 1.165) is 17.4 Å². The quantitative estimate of drug-likeness (QED) is 0.593. The standard InChI is InChI=1S/C11H19N3O4S2/c1-5-12-11-9(14(15)16)6-10(19-11)20(17,18)13-8(4)7(2)3/h6-8,12-13H,5H2,1-4H3. The van der Waals surface area contributed by atoms with E-state index in [2.05, 4.69) is 10.0 Å². The van der Waals surface area contributed by atoms with Crippen LogP contribution in [0.25, 0.3) is 0 Å². The summed E-state index contributed by atoms with van der Waals surface area (Å²) in [4.78, 5) is 10.3. The maximum Gasteiger partial charge on any atom is 0.304 e. The number of nitrogens with zero attached hydrogens (tertiary/aromatic N) is 1. The number of nitro groups is 1. The third kappa shape index (κ3) is 3.90. The zero-order valence-electron chi connectivity index (χ0n) is 11.8. The molecule has 0 aliphatic heterocycles. The van der Waals surface area contributed by atoms with E-state index in [1.54, 1.807) is 13.8 Å². The summed E-state index contributed by atoms with van der Waals surface area (Å²) in [6, 6.07) is 0.849. The summed E-state index contributed by atoms with van der Waals surface area (Å²) < 4.78 is 26.9. The minimum atomic E-state index is -3.73. The van der Waals surface area contributed by atoms with Crippen molar-refractivity contribution < 1.29 is 13.3 Å².